The summed E-state index contributed by atoms with van der Waals surface area (Å²) in [4.78, 5) is 24.5. The van der Waals surface area contributed by atoms with Gasteiger partial charge in [0.15, 0.2) is 16.8 Å². The molecule has 3 heterocycles. The zero-order chi connectivity index (χ0) is 16.5. The van der Waals surface area contributed by atoms with E-state index in [1.54, 1.807) is 17.2 Å². The Labute approximate surface area is 143 Å². The predicted molar refractivity (Wildman–Crippen MR) is 91.1 cm³/mol. The molecule has 1 saturated carbocycles. The molecular formula is C16H18FN5OS. The van der Waals surface area contributed by atoms with E-state index in [-0.39, 0.29) is 11.8 Å². The summed E-state index contributed by atoms with van der Waals surface area (Å²) in [6.45, 7) is 2.19. The van der Waals surface area contributed by atoms with Crippen LogP contribution in [0.15, 0.2) is 23.7 Å². The molecule has 2 aromatic rings. The van der Waals surface area contributed by atoms with Gasteiger partial charge in [0.2, 0.25) is 0 Å². The number of pyridine rings is 1. The highest BCUT2D eigenvalue weighted by Crippen LogP contribution is 2.40. The number of nitrogens with one attached hydrogen (secondary N) is 1. The van der Waals surface area contributed by atoms with E-state index in [1.165, 1.54) is 30.2 Å². The molecule has 2 fully saturated rings. The molecule has 0 bridgehead atoms. The lowest BCUT2D eigenvalue weighted by Crippen LogP contribution is -2.50. The van der Waals surface area contributed by atoms with Crippen molar-refractivity contribution < 1.29 is 9.18 Å². The Bertz CT molecular complexity index is 740. The van der Waals surface area contributed by atoms with Gasteiger partial charge in [0, 0.05) is 43.7 Å². The van der Waals surface area contributed by atoms with E-state index in [4.69, 9.17) is 0 Å². The van der Waals surface area contributed by atoms with Crippen LogP contribution >= 0.6 is 11.3 Å². The Morgan fingerprint density at radius 2 is 2.08 bits per heavy atom. The van der Waals surface area contributed by atoms with Gasteiger partial charge in [0.25, 0.3) is 0 Å². The Hall–Kier alpha value is -2.22. The van der Waals surface area contributed by atoms with Gasteiger partial charge in [0.05, 0.1) is 5.69 Å². The summed E-state index contributed by atoms with van der Waals surface area (Å²) < 4.78 is 13.8. The SMILES string of the molecule is O=C(Nc1nc(C2CC2)cs1)N1CCN(c2ncccc2F)CC1. The number of carbonyl (C=O) groups excluding carboxylic acids is 1. The summed E-state index contributed by atoms with van der Waals surface area (Å²) in [5, 5.41) is 5.54. The molecule has 1 saturated heterocycles. The number of rotatable bonds is 3. The molecule has 1 aliphatic heterocycles. The maximum atomic E-state index is 13.8. The number of aromatic nitrogens is 2. The molecule has 0 aromatic carbocycles. The van der Waals surface area contributed by atoms with Gasteiger partial charge < -0.3 is 9.80 Å². The summed E-state index contributed by atoms with van der Waals surface area (Å²) in [7, 11) is 0. The summed E-state index contributed by atoms with van der Waals surface area (Å²) >= 11 is 1.47. The number of hydrogen-bond acceptors (Lipinski definition) is 5. The Morgan fingerprint density at radius 1 is 1.29 bits per heavy atom. The molecular weight excluding hydrogens is 329 g/mol. The fraction of sp³-hybridized carbons (Fsp3) is 0.438. The lowest BCUT2D eigenvalue weighted by molar-refractivity contribution is 0.208. The van der Waals surface area contributed by atoms with Crippen LogP contribution in [0.25, 0.3) is 0 Å². The van der Waals surface area contributed by atoms with Crippen molar-refractivity contribution in [3.05, 3.63) is 35.2 Å². The Kier molecular flexibility index (Phi) is 4.05. The molecule has 0 atom stereocenters. The topological polar surface area (TPSA) is 61.4 Å². The third-order valence-corrected chi connectivity index (χ3v) is 5.11. The third kappa shape index (κ3) is 3.19. The van der Waals surface area contributed by atoms with E-state index in [0.29, 0.717) is 43.0 Å². The first-order chi connectivity index (χ1) is 11.7. The number of amides is 2. The lowest BCUT2D eigenvalue weighted by atomic mass is 10.3. The van der Waals surface area contributed by atoms with Gasteiger partial charge in [-0.05, 0) is 25.0 Å². The molecule has 0 spiro atoms. The van der Waals surface area contributed by atoms with Crippen molar-refractivity contribution in [3.8, 4) is 0 Å². The number of nitrogens with zero attached hydrogens (tertiary/aromatic N) is 4. The molecule has 0 unspecified atom stereocenters. The zero-order valence-electron chi connectivity index (χ0n) is 13.1. The molecule has 4 rings (SSSR count). The standard InChI is InChI=1S/C16H18FN5OS/c17-12-2-1-5-18-14(12)21-6-8-22(9-7-21)16(23)20-15-19-13(10-24-15)11-3-4-11/h1-2,5,10-11H,3-4,6-9H2,(H,19,20,23). The summed E-state index contributed by atoms with van der Waals surface area (Å²) in [5.74, 6) is 0.612. The summed E-state index contributed by atoms with van der Waals surface area (Å²) in [6.07, 6.45) is 3.98. The van der Waals surface area contributed by atoms with Gasteiger partial charge in [-0.2, -0.15) is 0 Å². The van der Waals surface area contributed by atoms with Crippen LogP contribution in [-0.2, 0) is 0 Å². The third-order valence-electron chi connectivity index (χ3n) is 4.34. The van der Waals surface area contributed by atoms with E-state index in [0.717, 1.165) is 5.69 Å². The van der Waals surface area contributed by atoms with Crippen molar-refractivity contribution in [2.45, 2.75) is 18.8 Å². The quantitative estimate of drug-likeness (QED) is 0.927. The molecule has 2 aliphatic rings. The van der Waals surface area contributed by atoms with E-state index in [2.05, 4.69) is 15.3 Å². The molecule has 6 nitrogen and oxygen atoms in total. The maximum absolute atomic E-state index is 13.8. The fourth-order valence-electron chi connectivity index (χ4n) is 2.81. The van der Waals surface area contributed by atoms with Crippen molar-refractivity contribution in [2.24, 2.45) is 0 Å². The van der Waals surface area contributed by atoms with Gasteiger partial charge in [0.1, 0.15) is 0 Å². The molecule has 1 N–H and O–H groups in total. The first kappa shape index (κ1) is 15.3. The minimum atomic E-state index is -0.328. The fourth-order valence-corrected chi connectivity index (χ4v) is 3.59. The van der Waals surface area contributed by atoms with Crippen LogP contribution in [0.3, 0.4) is 0 Å². The van der Waals surface area contributed by atoms with Gasteiger partial charge in [-0.1, -0.05) is 0 Å². The summed E-state index contributed by atoms with van der Waals surface area (Å²) in [6, 6.07) is 2.83. The van der Waals surface area contributed by atoms with E-state index in [9.17, 15) is 9.18 Å². The first-order valence-electron chi connectivity index (χ1n) is 8.07. The average molecular weight is 347 g/mol. The first-order valence-corrected chi connectivity index (χ1v) is 8.95. The zero-order valence-corrected chi connectivity index (χ0v) is 13.9. The second kappa shape index (κ2) is 6.35. The highest BCUT2D eigenvalue weighted by molar-refractivity contribution is 7.13. The number of hydrogen-bond donors (Lipinski definition) is 1. The molecule has 126 valence electrons. The number of carbonyl (C=O) groups is 1. The Morgan fingerprint density at radius 3 is 2.79 bits per heavy atom. The number of thiazole rings is 1. The normalized spacial score (nSPS) is 17.9. The van der Waals surface area contributed by atoms with Gasteiger partial charge in [-0.3, -0.25) is 5.32 Å². The van der Waals surface area contributed by atoms with Crippen LogP contribution in [-0.4, -0.2) is 47.1 Å². The molecule has 8 heteroatoms. The van der Waals surface area contributed by atoms with Crippen molar-refractivity contribution in [2.75, 3.05) is 36.4 Å². The molecule has 2 amide bonds. The average Bonchev–Trinajstić information content (AvgIpc) is 3.35. The van der Waals surface area contributed by atoms with Gasteiger partial charge in [-0.25, -0.2) is 19.2 Å². The maximum Gasteiger partial charge on any atom is 0.323 e. The van der Waals surface area contributed by atoms with E-state index < -0.39 is 0 Å². The lowest BCUT2D eigenvalue weighted by Gasteiger charge is -2.35. The highest BCUT2D eigenvalue weighted by Gasteiger charge is 2.27. The number of piperazine rings is 1. The minimum absolute atomic E-state index is 0.146. The van der Waals surface area contributed by atoms with Gasteiger partial charge >= 0.3 is 6.03 Å². The smallest absolute Gasteiger partial charge is 0.323 e. The highest BCUT2D eigenvalue weighted by atomic mass is 32.1. The van der Waals surface area contributed by atoms with E-state index in [1.807, 2.05) is 10.3 Å². The van der Waals surface area contributed by atoms with Crippen LogP contribution in [0.1, 0.15) is 24.5 Å². The van der Waals surface area contributed by atoms with E-state index >= 15 is 0 Å². The van der Waals surface area contributed by atoms with Crippen molar-refractivity contribution in [1.82, 2.24) is 14.9 Å². The molecule has 24 heavy (non-hydrogen) atoms. The number of anilines is 2. The minimum Gasteiger partial charge on any atom is -0.351 e. The monoisotopic (exact) mass is 347 g/mol. The molecule has 0 radical (unpaired) electrons. The Balaban J connectivity index is 1.33. The van der Waals surface area contributed by atoms with Gasteiger partial charge in [-0.15, -0.1) is 11.3 Å². The predicted octanol–water partition coefficient (Wildman–Crippen LogP) is 2.91. The number of halogens is 1. The van der Waals surface area contributed by atoms with Crippen LogP contribution < -0.4 is 10.2 Å². The molecule has 2 aromatic heterocycles. The van der Waals surface area contributed by atoms with Crippen molar-refractivity contribution in [3.63, 3.8) is 0 Å². The van der Waals surface area contributed by atoms with Crippen LogP contribution in [0.2, 0.25) is 0 Å². The van der Waals surface area contributed by atoms with Crippen LogP contribution in [0.4, 0.5) is 20.1 Å². The summed E-state index contributed by atoms with van der Waals surface area (Å²) in [5.41, 5.74) is 1.09. The van der Waals surface area contributed by atoms with Crippen molar-refractivity contribution >= 4 is 28.3 Å². The second-order valence-electron chi connectivity index (χ2n) is 6.06. The van der Waals surface area contributed by atoms with Crippen LogP contribution in [0.5, 0.6) is 0 Å². The largest absolute Gasteiger partial charge is 0.351 e. The second-order valence-corrected chi connectivity index (χ2v) is 6.92. The molecule has 1 aliphatic carbocycles. The van der Waals surface area contributed by atoms with Crippen LogP contribution in [0, 0.1) is 5.82 Å². The van der Waals surface area contributed by atoms with Crippen molar-refractivity contribution in [1.29, 1.82) is 0 Å². The number of urea groups is 1.